The van der Waals surface area contributed by atoms with Gasteiger partial charge in [0.2, 0.25) is 5.78 Å². The molecule has 0 fully saturated rings. The molecule has 29 heavy (non-hydrogen) atoms. The molecule has 8 nitrogen and oxygen atoms in total. The number of allylic oxidation sites excluding steroid dienone is 2. The molecule has 11 heteroatoms. The van der Waals surface area contributed by atoms with E-state index in [-0.39, 0.29) is 73.6 Å². The molecule has 0 atom stereocenters. The monoisotopic (exact) mass is 442 g/mol. The third-order valence-electron chi connectivity index (χ3n) is 4.61. The molecule has 0 unspecified atom stereocenters. The fourth-order valence-corrected chi connectivity index (χ4v) is 4.29. The maximum Gasteiger partial charge on any atom is 1.00 e. The number of hydrogen-bond donors (Lipinski definition) is 1. The van der Waals surface area contributed by atoms with Crippen molar-refractivity contribution in [2.24, 2.45) is 0 Å². The van der Waals surface area contributed by atoms with Crippen LogP contribution >= 0.6 is 0 Å². The molecule has 2 aromatic rings. The molecule has 0 bridgehead atoms. The van der Waals surface area contributed by atoms with Crippen LogP contribution in [-0.4, -0.2) is 31.7 Å². The van der Waals surface area contributed by atoms with E-state index < -0.39 is 32.1 Å². The Labute approximate surface area is 190 Å². The fourth-order valence-electron chi connectivity index (χ4n) is 3.25. The number of rotatable bonds is 2. The Kier molecular flexibility index (Phi) is 6.58. The first-order valence-electron chi connectivity index (χ1n) is 7.82. The maximum absolute atomic E-state index is 12.8. The van der Waals surface area contributed by atoms with E-state index in [2.05, 4.69) is 5.32 Å². The number of sulfone groups is 1. The van der Waals surface area contributed by atoms with Gasteiger partial charge in [0.15, 0.2) is 15.6 Å². The average Bonchev–Trinajstić information content (AvgIpc) is 3.11. The molecule has 146 valence electrons. The topological polar surface area (TPSA) is 144 Å². The van der Waals surface area contributed by atoms with Crippen LogP contribution in [0.3, 0.4) is 0 Å². The number of nitrogens with one attached hydrogen (secondary N) is 1. The molecule has 4 rings (SSSR count). The van der Waals surface area contributed by atoms with E-state index in [1.165, 1.54) is 30.3 Å². The Hall–Kier alpha value is -1.82. The van der Waals surface area contributed by atoms with Gasteiger partial charge >= 0.3 is 29.6 Å². The molecule has 0 radical (unpaired) electrons. The van der Waals surface area contributed by atoms with Crippen molar-refractivity contribution < 1.29 is 61.5 Å². The molecule has 0 amide bonds. The Morgan fingerprint density at radius 1 is 0.966 bits per heavy atom. The predicted molar refractivity (Wildman–Crippen MR) is 97.9 cm³/mol. The first-order chi connectivity index (χ1) is 12.7. The van der Waals surface area contributed by atoms with E-state index in [4.69, 9.17) is 0 Å². The van der Waals surface area contributed by atoms with Crippen LogP contribution in [0.5, 0.6) is 0 Å². The second-order valence-corrected chi connectivity index (χ2v) is 9.30. The molecule has 0 spiro atoms. The second-order valence-electron chi connectivity index (χ2n) is 6.35. The van der Waals surface area contributed by atoms with Crippen molar-refractivity contribution in [3.05, 3.63) is 64.4 Å². The number of ketones is 2. The van der Waals surface area contributed by atoms with Crippen molar-refractivity contribution in [3.63, 3.8) is 0 Å². The van der Waals surface area contributed by atoms with Gasteiger partial charge in [0.1, 0.15) is 0 Å². The number of Topliss-reactive ketones (excluding diaryl/α,β-unsaturated/α-hetero) is 2. The van der Waals surface area contributed by atoms with E-state index >= 15 is 0 Å². The molecule has 1 aliphatic carbocycles. The Balaban J connectivity index is 0.00000150. The van der Waals surface area contributed by atoms with Gasteiger partial charge < -0.3 is 19.2 Å². The minimum absolute atomic E-state index is 0. The van der Waals surface area contributed by atoms with Crippen LogP contribution in [0.2, 0.25) is 0 Å². The predicted octanol–water partition coefficient (Wildman–Crippen LogP) is -1.11. The quantitative estimate of drug-likeness (QED) is 0.350. The van der Waals surface area contributed by atoms with Crippen LogP contribution in [0.15, 0.2) is 57.5 Å². The van der Waals surface area contributed by atoms with E-state index in [1.807, 2.05) is 0 Å². The molecular formula is C18H13NNaO7S2-. The molecular weight excluding hydrogens is 429 g/mol. The minimum Gasteiger partial charge on any atom is -0.870 e. The Morgan fingerprint density at radius 3 is 2.28 bits per heavy atom. The molecule has 2 aliphatic rings. The molecule has 0 saturated carbocycles. The summed E-state index contributed by atoms with van der Waals surface area (Å²) in [4.78, 5) is 25.5. The van der Waals surface area contributed by atoms with Crippen LogP contribution in [0, 0.1) is 0 Å². The van der Waals surface area contributed by atoms with Crippen LogP contribution in [0.1, 0.15) is 26.3 Å². The van der Waals surface area contributed by atoms with Crippen LogP contribution in [0.25, 0.3) is 0 Å². The van der Waals surface area contributed by atoms with Crippen molar-refractivity contribution in [2.45, 2.75) is 16.2 Å². The zero-order valence-electron chi connectivity index (χ0n) is 15.4. The summed E-state index contributed by atoms with van der Waals surface area (Å²) in [6, 6.07) is 8.42. The smallest absolute Gasteiger partial charge is 0.870 e. The third-order valence-corrected chi connectivity index (χ3v) is 6.36. The zero-order chi connectivity index (χ0) is 19.5. The van der Waals surface area contributed by atoms with E-state index in [0.717, 1.165) is 6.26 Å². The summed E-state index contributed by atoms with van der Waals surface area (Å²) in [7, 11) is -5.93. The van der Waals surface area contributed by atoms with Gasteiger partial charge in [0, 0.05) is 35.1 Å². The maximum atomic E-state index is 12.8. The van der Waals surface area contributed by atoms with E-state index in [9.17, 15) is 26.4 Å². The second kappa shape index (κ2) is 8.13. The van der Waals surface area contributed by atoms with Gasteiger partial charge in [0.25, 0.3) is 0 Å². The summed E-state index contributed by atoms with van der Waals surface area (Å²) >= 11 is 0. The number of carbonyl (C=O) groups excluding carboxylic acids is 2. The van der Waals surface area contributed by atoms with Crippen LogP contribution in [0.4, 0.5) is 5.69 Å². The SMILES string of the molecule is CS(=O)(=O)c1ccc2c(c1)C(=O)/C(=C1\Nc3ccc([S-](=O)=O)cc3C1=O)C2.[Na+].[OH-]. The Bertz CT molecular complexity index is 1270. The number of anilines is 1. The van der Waals surface area contributed by atoms with Gasteiger partial charge in [-0.1, -0.05) is 23.1 Å². The molecule has 0 aromatic heterocycles. The zero-order valence-corrected chi connectivity index (χ0v) is 19.0. The normalized spacial score (nSPS) is 17.3. The molecule has 1 heterocycles. The summed E-state index contributed by atoms with van der Waals surface area (Å²) in [6.45, 7) is 0. The van der Waals surface area contributed by atoms with Crippen molar-refractivity contribution in [1.82, 2.24) is 0 Å². The third kappa shape index (κ3) is 3.96. The first kappa shape index (κ1) is 23.5. The van der Waals surface area contributed by atoms with Crippen LogP contribution < -0.4 is 34.9 Å². The molecule has 1 aliphatic heterocycles. The largest absolute Gasteiger partial charge is 1.00 e. The van der Waals surface area contributed by atoms with Crippen molar-refractivity contribution in [1.29, 1.82) is 0 Å². The molecule has 2 aromatic carbocycles. The van der Waals surface area contributed by atoms with E-state index in [0.29, 0.717) is 11.3 Å². The van der Waals surface area contributed by atoms with Crippen molar-refractivity contribution in [3.8, 4) is 0 Å². The number of benzene rings is 2. The summed E-state index contributed by atoms with van der Waals surface area (Å²) < 4.78 is 45.7. The Morgan fingerprint density at radius 2 is 1.66 bits per heavy atom. The van der Waals surface area contributed by atoms with Crippen molar-refractivity contribution in [2.75, 3.05) is 11.6 Å². The minimum atomic E-state index is -3.46. The van der Waals surface area contributed by atoms with Gasteiger partial charge in [0.05, 0.1) is 10.6 Å². The van der Waals surface area contributed by atoms with Gasteiger partial charge in [-0.05, 0) is 34.5 Å². The number of carbonyl (C=O) groups is 2. The molecule has 0 saturated heterocycles. The number of hydrogen-bond acceptors (Lipinski definition) is 9. The van der Waals surface area contributed by atoms with Gasteiger partial charge in [-0.2, -0.15) is 0 Å². The standard InChI is InChI=1S/C18H12NO6S2.Na.H2O/c1-27(24,25)11-4-2-9-6-14(17(20)12(9)8-11)16-18(21)13-7-10(26(22)23)3-5-15(13)19-16;;/h2-5,7-8,19H,6H2,1H3;;1H2/q-1;+1;/p-1/b16-14-;;. The van der Waals surface area contributed by atoms with Crippen molar-refractivity contribution >= 4 is 37.8 Å². The molecule has 2 N–H and O–H groups in total. The van der Waals surface area contributed by atoms with Gasteiger partial charge in [-0.15, -0.1) is 0 Å². The summed E-state index contributed by atoms with van der Waals surface area (Å²) in [5, 5.41) is 2.89. The first-order valence-corrected chi connectivity index (χ1v) is 10.8. The fraction of sp³-hybridized carbons (Fsp3) is 0.111. The summed E-state index contributed by atoms with van der Waals surface area (Å²) in [5.74, 6) is -0.872. The van der Waals surface area contributed by atoms with E-state index in [1.54, 1.807) is 6.07 Å². The van der Waals surface area contributed by atoms with Crippen LogP contribution in [-0.2, 0) is 35.4 Å². The average molecular weight is 442 g/mol. The number of fused-ring (bicyclic) bond motifs is 2. The van der Waals surface area contributed by atoms with Gasteiger partial charge in [-0.25, -0.2) is 8.42 Å². The summed E-state index contributed by atoms with van der Waals surface area (Å²) in [6.07, 6.45) is 1.25. The summed E-state index contributed by atoms with van der Waals surface area (Å²) in [5.41, 5.74) is 1.84. The van der Waals surface area contributed by atoms with Gasteiger partial charge in [-0.3, -0.25) is 9.59 Å².